The number of nitrogens with zero attached hydrogens (tertiary/aromatic N) is 1. The van der Waals surface area contributed by atoms with Gasteiger partial charge in [-0.2, -0.15) is 0 Å². The van der Waals surface area contributed by atoms with Crippen LogP contribution in [0.5, 0.6) is 0 Å². The van der Waals surface area contributed by atoms with Crippen LogP contribution in [-0.4, -0.2) is 36.1 Å². The molecule has 0 bridgehead atoms. The van der Waals surface area contributed by atoms with Crippen molar-refractivity contribution in [3.63, 3.8) is 0 Å². The van der Waals surface area contributed by atoms with Crippen molar-refractivity contribution in [2.45, 2.75) is 71.4 Å². The normalized spacial score (nSPS) is 43.4. The molecule has 2 nitrogen and oxygen atoms in total. The lowest BCUT2D eigenvalue weighted by atomic mass is 9.86. The zero-order chi connectivity index (χ0) is 14.3. The fourth-order valence-corrected chi connectivity index (χ4v) is 4.71. The molecule has 4 atom stereocenters. The molecule has 2 aliphatic carbocycles. The summed E-state index contributed by atoms with van der Waals surface area (Å²) in [4.78, 5) is 2.87. The van der Waals surface area contributed by atoms with E-state index in [1.165, 1.54) is 51.7 Å². The maximum Gasteiger partial charge on any atom is 0.0309 e. The molecule has 3 aliphatic rings. The third-order valence-corrected chi connectivity index (χ3v) is 6.47. The molecular formula is C18H34N2. The summed E-state index contributed by atoms with van der Waals surface area (Å²) >= 11 is 0. The van der Waals surface area contributed by atoms with Gasteiger partial charge < -0.3 is 5.32 Å². The molecule has 0 amide bonds. The predicted octanol–water partition coefficient (Wildman–Crippen LogP) is 3.52. The maximum absolute atomic E-state index is 3.91. The molecule has 0 aromatic carbocycles. The van der Waals surface area contributed by atoms with Crippen molar-refractivity contribution in [2.75, 3.05) is 19.6 Å². The molecule has 2 heteroatoms. The summed E-state index contributed by atoms with van der Waals surface area (Å²) in [6.45, 7) is 13.6. The fraction of sp³-hybridized carbons (Fsp3) is 1.00. The zero-order valence-corrected chi connectivity index (χ0v) is 14.0. The van der Waals surface area contributed by atoms with E-state index in [1.807, 2.05) is 0 Å². The van der Waals surface area contributed by atoms with Crippen LogP contribution in [0.3, 0.4) is 0 Å². The van der Waals surface area contributed by atoms with Crippen LogP contribution in [-0.2, 0) is 0 Å². The second kappa shape index (κ2) is 5.61. The highest BCUT2D eigenvalue weighted by Crippen LogP contribution is 2.42. The summed E-state index contributed by atoms with van der Waals surface area (Å²) in [6, 6.07) is 0.745. The van der Waals surface area contributed by atoms with E-state index >= 15 is 0 Å². The molecule has 0 aromatic rings. The first-order chi connectivity index (χ1) is 9.49. The van der Waals surface area contributed by atoms with Crippen molar-refractivity contribution in [1.29, 1.82) is 0 Å². The third-order valence-electron chi connectivity index (χ3n) is 6.47. The van der Waals surface area contributed by atoms with Crippen LogP contribution in [0, 0.1) is 23.7 Å². The summed E-state index contributed by atoms with van der Waals surface area (Å²) in [5.74, 6) is 3.62. The van der Waals surface area contributed by atoms with E-state index in [0.29, 0.717) is 5.54 Å². The molecule has 0 aromatic heterocycles. The first kappa shape index (κ1) is 14.8. The lowest BCUT2D eigenvalue weighted by molar-refractivity contribution is 0.0361. The van der Waals surface area contributed by atoms with E-state index in [4.69, 9.17) is 0 Å². The van der Waals surface area contributed by atoms with Crippen LogP contribution in [0.1, 0.15) is 59.8 Å². The molecule has 3 fully saturated rings. The average molecular weight is 278 g/mol. The smallest absolute Gasteiger partial charge is 0.0309 e. The molecule has 3 rings (SSSR count). The average Bonchev–Trinajstić information content (AvgIpc) is 3.16. The largest absolute Gasteiger partial charge is 0.308 e. The Balaban J connectivity index is 1.68. The molecule has 0 spiro atoms. The van der Waals surface area contributed by atoms with E-state index in [9.17, 15) is 0 Å². The Labute approximate surface area is 125 Å². The van der Waals surface area contributed by atoms with Crippen LogP contribution >= 0.6 is 0 Å². The van der Waals surface area contributed by atoms with Crippen molar-refractivity contribution >= 4 is 0 Å². The first-order valence-corrected chi connectivity index (χ1v) is 8.98. The lowest BCUT2D eigenvalue weighted by Gasteiger charge is -2.49. The van der Waals surface area contributed by atoms with Crippen molar-refractivity contribution in [3.8, 4) is 0 Å². The second-order valence-electron chi connectivity index (χ2n) is 8.48. The fourth-order valence-electron chi connectivity index (χ4n) is 4.71. The molecule has 20 heavy (non-hydrogen) atoms. The van der Waals surface area contributed by atoms with Gasteiger partial charge in [-0.15, -0.1) is 0 Å². The van der Waals surface area contributed by atoms with Crippen molar-refractivity contribution in [2.24, 2.45) is 23.7 Å². The Morgan fingerprint density at radius 2 is 1.95 bits per heavy atom. The minimum Gasteiger partial charge on any atom is -0.308 e. The van der Waals surface area contributed by atoms with E-state index in [-0.39, 0.29) is 0 Å². The molecule has 2 saturated carbocycles. The quantitative estimate of drug-likeness (QED) is 0.846. The number of piperazine rings is 1. The van der Waals surface area contributed by atoms with E-state index in [2.05, 4.69) is 37.9 Å². The summed E-state index contributed by atoms with van der Waals surface area (Å²) in [7, 11) is 0. The predicted molar refractivity (Wildman–Crippen MR) is 85.8 cm³/mol. The van der Waals surface area contributed by atoms with Crippen LogP contribution in [0.4, 0.5) is 0 Å². The molecule has 1 saturated heterocycles. The van der Waals surface area contributed by atoms with Gasteiger partial charge in [0.1, 0.15) is 0 Å². The molecule has 0 radical (unpaired) electrons. The lowest BCUT2D eigenvalue weighted by Crippen LogP contribution is -2.65. The van der Waals surface area contributed by atoms with Gasteiger partial charge in [0.25, 0.3) is 0 Å². The van der Waals surface area contributed by atoms with Gasteiger partial charge in [-0.1, -0.05) is 33.6 Å². The van der Waals surface area contributed by atoms with Crippen molar-refractivity contribution < 1.29 is 0 Å². The Morgan fingerprint density at radius 1 is 1.20 bits per heavy atom. The van der Waals surface area contributed by atoms with Crippen LogP contribution in [0.15, 0.2) is 0 Å². The van der Waals surface area contributed by atoms with Crippen LogP contribution < -0.4 is 5.32 Å². The highest BCUT2D eigenvalue weighted by Gasteiger charge is 2.46. The van der Waals surface area contributed by atoms with E-state index < -0.39 is 0 Å². The summed E-state index contributed by atoms with van der Waals surface area (Å²) < 4.78 is 0. The zero-order valence-electron chi connectivity index (χ0n) is 14.0. The van der Waals surface area contributed by atoms with Crippen LogP contribution in [0.25, 0.3) is 0 Å². The second-order valence-corrected chi connectivity index (χ2v) is 8.48. The minimum absolute atomic E-state index is 0.396. The van der Waals surface area contributed by atoms with E-state index in [0.717, 1.165) is 29.7 Å². The maximum atomic E-state index is 3.91. The van der Waals surface area contributed by atoms with Gasteiger partial charge in [0.15, 0.2) is 0 Å². The number of hydrogen-bond acceptors (Lipinski definition) is 2. The Morgan fingerprint density at radius 3 is 2.50 bits per heavy atom. The molecule has 1 heterocycles. The molecule has 4 unspecified atom stereocenters. The highest BCUT2D eigenvalue weighted by atomic mass is 15.3. The Kier molecular flexibility index (Phi) is 4.16. The van der Waals surface area contributed by atoms with Gasteiger partial charge in [-0.05, 0) is 49.9 Å². The van der Waals surface area contributed by atoms with Crippen molar-refractivity contribution in [3.05, 3.63) is 0 Å². The Hall–Kier alpha value is -0.0800. The van der Waals surface area contributed by atoms with Crippen LogP contribution in [0.2, 0.25) is 0 Å². The summed E-state index contributed by atoms with van der Waals surface area (Å²) in [6.07, 6.45) is 7.29. The summed E-state index contributed by atoms with van der Waals surface area (Å²) in [5.41, 5.74) is 0.396. The van der Waals surface area contributed by atoms with E-state index in [1.54, 1.807) is 0 Å². The first-order valence-electron chi connectivity index (χ1n) is 8.98. The van der Waals surface area contributed by atoms with Crippen molar-refractivity contribution in [1.82, 2.24) is 10.2 Å². The van der Waals surface area contributed by atoms with Gasteiger partial charge in [0, 0.05) is 31.2 Å². The van der Waals surface area contributed by atoms with Gasteiger partial charge in [-0.3, -0.25) is 4.90 Å². The topological polar surface area (TPSA) is 15.3 Å². The molecule has 1 N–H and O–H groups in total. The van der Waals surface area contributed by atoms with Gasteiger partial charge in [0.05, 0.1) is 0 Å². The molecule has 1 aliphatic heterocycles. The number of nitrogens with one attached hydrogen (secondary N) is 1. The Bertz CT molecular complexity index is 336. The molecule has 116 valence electrons. The SMILES string of the molecule is CC(C)C1CNC(C)(C2CC2)CN1CC1CCCC1C. The standard InChI is InChI=1S/C18H34N2/c1-13(2)17-10-19-18(4,16-8-9-16)12-20(17)11-15-7-5-6-14(15)3/h13-17,19H,5-12H2,1-4H3. The monoisotopic (exact) mass is 278 g/mol. The summed E-state index contributed by atoms with van der Waals surface area (Å²) in [5, 5.41) is 3.91. The minimum atomic E-state index is 0.396. The third kappa shape index (κ3) is 2.92. The molecular weight excluding hydrogens is 244 g/mol. The number of hydrogen-bond donors (Lipinski definition) is 1. The van der Waals surface area contributed by atoms with Gasteiger partial charge >= 0.3 is 0 Å². The highest BCUT2D eigenvalue weighted by molar-refractivity contribution is 5.04. The van der Waals surface area contributed by atoms with Gasteiger partial charge in [-0.25, -0.2) is 0 Å². The van der Waals surface area contributed by atoms with Gasteiger partial charge in [0.2, 0.25) is 0 Å². The number of rotatable bonds is 4.